The number of nitrogens with zero attached hydrogens (tertiary/aromatic N) is 2. The van der Waals surface area contributed by atoms with Crippen LogP contribution in [0.5, 0.6) is 0 Å². The highest BCUT2D eigenvalue weighted by molar-refractivity contribution is 5.43. The molecule has 21 heavy (non-hydrogen) atoms. The Bertz CT molecular complexity index is 462. The van der Waals surface area contributed by atoms with Gasteiger partial charge in [0.1, 0.15) is 5.82 Å². The highest BCUT2D eigenvalue weighted by Crippen LogP contribution is 2.26. The van der Waals surface area contributed by atoms with Crippen molar-refractivity contribution >= 4 is 5.82 Å². The summed E-state index contributed by atoms with van der Waals surface area (Å²) in [5.74, 6) is 1.17. The molecule has 0 aliphatic heterocycles. The van der Waals surface area contributed by atoms with Crippen LogP contribution in [0.4, 0.5) is 5.82 Å². The molecule has 1 heterocycles. The van der Waals surface area contributed by atoms with Crippen molar-refractivity contribution in [2.75, 3.05) is 11.9 Å². The minimum absolute atomic E-state index is 0.683. The Hall–Kier alpha value is -1.09. The average Bonchev–Trinajstić information content (AvgIpc) is 3.37. The molecule has 2 aliphatic carbocycles. The summed E-state index contributed by atoms with van der Waals surface area (Å²) in [7, 11) is 2.23. The Morgan fingerprint density at radius 3 is 2.57 bits per heavy atom. The van der Waals surface area contributed by atoms with E-state index in [1.54, 1.807) is 0 Å². The molecule has 3 rings (SSSR count). The van der Waals surface area contributed by atoms with Crippen molar-refractivity contribution in [2.45, 2.75) is 76.9 Å². The van der Waals surface area contributed by atoms with Crippen LogP contribution in [-0.2, 0) is 13.0 Å². The van der Waals surface area contributed by atoms with Gasteiger partial charge >= 0.3 is 0 Å². The Kier molecular flexibility index (Phi) is 4.79. The number of pyridine rings is 1. The van der Waals surface area contributed by atoms with E-state index in [0.717, 1.165) is 19.0 Å². The molecule has 0 saturated heterocycles. The second kappa shape index (κ2) is 6.78. The number of nitrogens with one attached hydrogen (secondary N) is 1. The van der Waals surface area contributed by atoms with Crippen LogP contribution in [0.15, 0.2) is 12.1 Å². The predicted octanol–water partition coefficient (Wildman–Crippen LogP) is 3.66. The molecule has 0 amide bonds. The smallest absolute Gasteiger partial charge is 0.129 e. The summed E-state index contributed by atoms with van der Waals surface area (Å²) in [6.07, 6.45) is 10.5. The maximum Gasteiger partial charge on any atom is 0.129 e. The van der Waals surface area contributed by atoms with Gasteiger partial charge in [-0.15, -0.1) is 0 Å². The van der Waals surface area contributed by atoms with Crippen LogP contribution in [0, 0.1) is 0 Å². The molecule has 0 aromatic carbocycles. The van der Waals surface area contributed by atoms with E-state index < -0.39 is 0 Å². The molecule has 0 bridgehead atoms. The lowest BCUT2D eigenvalue weighted by Gasteiger charge is -2.32. The quantitative estimate of drug-likeness (QED) is 0.865. The van der Waals surface area contributed by atoms with Gasteiger partial charge in [0, 0.05) is 31.4 Å². The first kappa shape index (κ1) is 14.8. The minimum atomic E-state index is 0.683. The third kappa shape index (κ3) is 3.97. The number of hydrogen-bond donors (Lipinski definition) is 1. The van der Waals surface area contributed by atoms with Gasteiger partial charge in [-0.2, -0.15) is 0 Å². The van der Waals surface area contributed by atoms with E-state index in [1.165, 1.54) is 62.0 Å². The van der Waals surface area contributed by atoms with Crippen molar-refractivity contribution in [1.82, 2.24) is 10.3 Å². The van der Waals surface area contributed by atoms with Crippen LogP contribution in [-0.4, -0.2) is 24.1 Å². The third-order valence-electron chi connectivity index (χ3n) is 4.94. The fraction of sp³-hybridized carbons (Fsp3) is 0.722. The van der Waals surface area contributed by atoms with E-state index in [1.807, 2.05) is 0 Å². The van der Waals surface area contributed by atoms with Crippen LogP contribution in [0.25, 0.3) is 0 Å². The van der Waals surface area contributed by atoms with Crippen molar-refractivity contribution in [1.29, 1.82) is 0 Å². The molecule has 2 fully saturated rings. The zero-order valence-corrected chi connectivity index (χ0v) is 13.6. The third-order valence-corrected chi connectivity index (χ3v) is 4.94. The van der Waals surface area contributed by atoms with E-state index in [4.69, 9.17) is 4.98 Å². The number of rotatable bonds is 6. The van der Waals surface area contributed by atoms with Crippen molar-refractivity contribution in [3.05, 3.63) is 23.4 Å². The highest BCUT2D eigenvalue weighted by Gasteiger charge is 2.22. The van der Waals surface area contributed by atoms with E-state index >= 15 is 0 Å². The molecule has 3 heteroatoms. The summed E-state index contributed by atoms with van der Waals surface area (Å²) in [5.41, 5.74) is 2.62. The molecule has 3 nitrogen and oxygen atoms in total. The molecule has 0 spiro atoms. The molecular formula is C18H29N3. The SMILES string of the molecule is CCc1cc(CNC2CC2)cc(N(C)C2CCCCC2)n1. The van der Waals surface area contributed by atoms with Crippen molar-refractivity contribution < 1.29 is 0 Å². The fourth-order valence-corrected chi connectivity index (χ4v) is 3.30. The number of anilines is 1. The van der Waals surface area contributed by atoms with Gasteiger partial charge in [-0.05, 0) is 49.8 Å². The second-order valence-corrected chi connectivity index (χ2v) is 6.74. The van der Waals surface area contributed by atoms with Gasteiger partial charge in [-0.25, -0.2) is 4.98 Å². The first-order valence-corrected chi connectivity index (χ1v) is 8.72. The summed E-state index contributed by atoms with van der Waals surface area (Å²) in [6, 6.07) is 6.02. The van der Waals surface area contributed by atoms with Gasteiger partial charge in [0.2, 0.25) is 0 Å². The lowest BCUT2D eigenvalue weighted by Crippen LogP contribution is -2.34. The van der Waals surface area contributed by atoms with Gasteiger partial charge in [0.05, 0.1) is 0 Å². The van der Waals surface area contributed by atoms with Crippen LogP contribution in [0.3, 0.4) is 0 Å². The summed E-state index contributed by atoms with van der Waals surface area (Å²) < 4.78 is 0. The molecular weight excluding hydrogens is 258 g/mol. The molecule has 0 unspecified atom stereocenters. The maximum absolute atomic E-state index is 4.87. The number of hydrogen-bond acceptors (Lipinski definition) is 3. The van der Waals surface area contributed by atoms with Crippen molar-refractivity contribution in [3.8, 4) is 0 Å². The largest absolute Gasteiger partial charge is 0.357 e. The molecule has 1 aromatic heterocycles. The van der Waals surface area contributed by atoms with Crippen LogP contribution < -0.4 is 10.2 Å². The zero-order chi connectivity index (χ0) is 14.7. The number of aryl methyl sites for hydroxylation is 1. The Balaban J connectivity index is 1.73. The van der Waals surface area contributed by atoms with Gasteiger partial charge in [0.15, 0.2) is 0 Å². The minimum Gasteiger partial charge on any atom is -0.357 e. The topological polar surface area (TPSA) is 28.2 Å². The van der Waals surface area contributed by atoms with Crippen molar-refractivity contribution in [3.63, 3.8) is 0 Å². The van der Waals surface area contributed by atoms with E-state index in [-0.39, 0.29) is 0 Å². The molecule has 0 atom stereocenters. The Labute approximate surface area is 129 Å². The standard InChI is InChI=1S/C18H29N3/c1-3-15-11-14(13-19-16-9-10-16)12-18(20-15)21(2)17-7-5-4-6-8-17/h11-12,16-17,19H,3-10,13H2,1-2H3. The lowest BCUT2D eigenvalue weighted by atomic mass is 9.94. The van der Waals surface area contributed by atoms with E-state index in [2.05, 4.69) is 36.3 Å². The molecule has 2 aliphatic rings. The average molecular weight is 287 g/mol. The molecule has 1 N–H and O–H groups in total. The fourth-order valence-electron chi connectivity index (χ4n) is 3.30. The monoisotopic (exact) mass is 287 g/mol. The summed E-state index contributed by atoms with van der Waals surface area (Å²) in [5, 5.41) is 3.62. The highest BCUT2D eigenvalue weighted by atomic mass is 15.2. The van der Waals surface area contributed by atoms with Crippen LogP contribution >= 0.6 is 0 Å². The summed E-state index contributed by atoms with van der Waals surface area (Å²) in [6.45, 7) is 3.19. The molecule has 116 valence electrons. The second-order valence-electron chi connectivity index (χ2n) is 6.74. The predicted molar refractivity (Wildman–Crippen MR) is 88.8 cm³/mol. The first-order chi connectivity index (χ1) is 10.3. The van der Waals surface area contributed by atoms with E-state index in [0.29, 0.717) is 6.04 Å². The van der Waals surface area contributed by atoms with Gasteiger partial charge in [-0.1, -0.05) is 26.2 Å². The van der Waals surface area contributed by atoms with Crippen LogP contribution in [0.2, 0.25) is 0 Å². The Morgan fingerprint density at radius 2 is 1.90 bits per heavy atom. The molecule has 2 saturated carbocycles. The van der Waals surface area contributed by atoms with E-state index in [9.17, 15) is 0 Å². The van der Waals surface area contributed by atoms with Crippen LogP contribution in [0.1, 0.15) is 63.1 Å². The number of aromatic nitrogens is 1. The summed E-state index contributed by atoms with van der Waals surface area (Å²) in [4.78, 5) is 7.30. The molecule has 0 radical (unpaired) electrons. The zero-order valence-electron chi connectivity index (χ0n) is 13.6. The van der Waals surface area contributed by atoms with Gasteiger partial charge in [-0.3, -0.25) is 0 Å². The van der Waals surface area contributed by atoms with Gasteiger partial charge < -0.3 is 10.2 Å². The summed E-state index contributed by atoms with van der Waals surface area (Å²) >= 11 is 0. The molecule has 1 aromatic rings. The maximum atomic E-state index is 4.87. The Morgan fingerprint density at radius 1 is 1.14 bits per heavy atom. The van der Waals surface area contributed by atoms with Gasteiger partial charge in [0.25, 0.3) is 0 Å². The van der Waals surface area contributed by atoms with Crippen molar-refractivity contribution in [2.24, 2.45) is 0 Å². The lowest BCUT2D eigenvalue weighted by molar-refractivity contribution is 0.425. The first-order valence-electron chi connectivity index (χ1n) is 8.72. The normalized spacial score (nSPS) is 19.7.